The van der Waals surface area contributed by atoms with Crippen LogP contribution in [0.25, 0.3) is 0 Å². The second-order valence-corrected chi connectivity index (χ2v) is 9.76. The normalized spacial score (nSPS) is 17.2. The number of carbonyl (C=O) groups is 1. The van der Waals surface area contributed by atoms with Crippen LogP contribution in [0.4, 0.5) is 4.79 Å². The van der Waals surface area contributed by atoms with Gasteiger partial charge in [-0.05, 0) is 66.2 Å². The summed E-state index contributed by atoms with van der Waals surface area (Å²) < 4.78 is 7.80. The molecule has 188 valence electrons. The molecule has 10 heteroatoms. The maximum absolute atomic E-state index is 12.5. The topological polar surface area (TPSA) is 87.9 Å². The Hall–Kier alpha value is -1.59. The average Bonchev–Trinajstić information content (AvgIpc) is 3.17. The van der Waals surface area contributed by atoms with Gasteiger partial charge in [-0.15, -0.1) is 34.2 Å². The van der Waals surface area contributed by atoms with Crippen molar-refractivity contribution in [2.75, 3.05) is 32.7 Å². The number of nitrogens with one attached hydrogen (secondary N) is 1. The van der Waals surface area contributed by atoms with E-state index in [0.717, 1.165) is 69.6 Å². The third kappa shape index (κ3) is 7.99. The number of hydrogen-bond donors (Lipinski definition) is 1. The van der Waals surface area contributed by atoms with E-state index in [0.29, 0.717) is 19.0 Å². The van der Waals surface area contributed by atoms with Crippen LogP contribution in [0.15, 0.2) is 4.99 Å². The van der Waals surface area contributed by atoms with Crippen molar-refractivity contribution in [2.24, 2.45) is 10.9 Å². The average molecular weight is 576 g/mol. The summed E-state index contributed by atoms with van der Waals surface area (Å²) in [5.41, 5.74) is -0.464. The van der Waals surface area contributed by atoms with E-state index in [9.17, 15) is 4.79 Å². The number of halogens is 1. The van der Waals surface area contributed by atoms with Gasteiger partial charge in [-0.3, -0.25) is 0 Å². The fourth-order valence-corrected chi connectivity index (χ4v) is 4.36. The Kier molecular flexibility index (Phi) is 10.7. The molecular weight excluding hydrogens is 533 g/mol. The molecule has 0 spiro atoms. The Morgan fingerprint density at radius 2 is 1.91 bits per heavy atom. The first-order valence-corrected chi connectivity index (χ1v) is 12.2. The quantitative estimate of drug-likeness (QED) is 0.317. The highest BCUT2D eigenvalue weighted by atomic mass is 127. The molecule has 1 amide bonds. The SMILES string of the molecule is CCNC(=NCc1nnc2n1CCCC2)N1CCC(CN(CC)C(=O)OC(C)(C)C)CC1.I. The molecule has 1 saturated heterocycles. The molecule has 0 aromatic carbocycles. The van der Waals surface area contributed by atoms with Crippen LogP contribution in [0, 0.1) is 5.92 Å². The third-order valence-electron chi connectivity index (χ3n) is 6.07. The highest BCUT2D eigenvalue weighted by Crippen LogP contribution is 2.21. The molecule has 2 aliphatic rings. The van der Waals surface area contributed by atoms with Gasteiger partial charge >= 0.3 is 6.09 Å². The number of guanidine groups is 1. The summed E-state index contributed by atoms with van der Waals surface area (Å²) in [6.45, 7) is 15.5. The first kappa shape index (κ1) is 27.7. The van der Waals surface area contributed by atoms with Crippen LogP contribution in [0.3, 0.4) is 0 Å². The lowest BCUT2D eigenvalue weighted by molar-refractivity contribution is 0.0214. The van der Waals surface area contributed by atoms with Crippen molar-refractivity contribution in [3.63, 3.8) is 0 Å². The Morgan fingerprint density at radius 3 is 2.55 bits per heavy atom. The largest absolute Gasteiger partial charge is 0.444 e. The number of aryl methyl sites for hydroxylation is 1. The van der Waals surface area contributed by atoms with Crippen LogP contribution in [-0.2, 0) is 24.2 Å². The summed E-state index contributed by atoms with van der Waals surface area (Å²) >= 11 is 0. The molecule has 33 heavy (non-hydrogen) atoms. The lowest BCUT2D eigenvalue weighted by atomic mass is 9.96. The van der Waals surface area contributed by atoms with Gasteiger partial charge in [0, 0.05) is 45.7 Å². The zero-order valence-electron chi connectivity index (χ0n) is 21.0. The van der Waals surface area contributed by atoms with Crippen molar-refractivity contribution in [2.45, 2.75) is 85.4 Å². The minimum Gasteiger partial charge on any atom is -0.444 e. The molecule has 3 heterocycles. The lowest BCUT2D eigenvalue weighted by Crippen LogP contribution is -2.47. The molecule has 0 bridgehead atoms. The second-order valence-electron chi connectivity index (χ2n) is 9.76. The number of ether oxygens (including phenoxy) is 1. The Labute approximate surface area is 215 Å². The van der Waals surface area contributed by atoms with Crippen molar-refractivity contribution in [1.82, 2.24) is 29.9 Å². The first-order valence-electron chi connectivity index (χ1n) is 12.2. The summed E-state index contributed by atoms with van der Waals surface area (Å²) in [6.07, 6.45) is 5.25. The smallest absolute Gasteiger partial charge is 0.410 e. The molecule has 3 rings (SSSR count). The molecule has 9 nitrogen and oxygen atoms in total. The monoisotopic (exact) mass is 575 g/mol. The fourth-order valence-electron chi connectivity index (χ4n) is 4.36. The van der Waals surface area contributed by atoms with Gasteiger partial charge in [0.25, 0.3) is 0 Å². The second kappa shape index (κ2) is 12.8. The van der Waals surface area contributed by atoms with Crippen LogP contribution in [0.1, 0.15) is 72.0 Å². The number of fused-ring (bicyclic) bond motifs is 1. The van der Waals surface area contributed by atoms with E-state index in [1.807, 2.05) is 32.6 Å². The van der Waals surface area contributed by atoms with E-state index in [1.54, 1.807) is 0 Å². The van der Waals surface area contributed by atoms with Crippen molar-refractivity contribution in [3.05, 3.63) is 11.6 Å². The van der Waals surface area contributed by atoms with E-state index >= 15 is 0 Å². The van der Waals surface area contributed by atoms with E-state index in [1.165, 1.54) is 12.8 Å². The van der Waals surface area contributed by atoms with Gasteiger partial charge in [0.1, 0.15) is 18.0 Å². The van der Waals surface area contributed by atoms with Crippen LogP contribution >= 0.6 is 24.0 Å². The van der Waals surface area contributed by atoms with Crippen LogP contribution < -0.4 is 5.32 Å². The van der Waals surface area contributed by atoms with E-state index in [2.05, 4.69) is 31.9 Å². The minimum absolute atomic E-state index is 0. The van der Waals surface area contributed by atoms with Crippen molar-refractivity contribution < 1.29 is 9.53 Å². The molecule has 0 saturated carbocycles. The van der Waals surface area contributed by atoms with Gasteiger partial charge < -0.3 is 24.4 Å². The fraction of sp³-hybridized carbons (Fsp3) is 0.826. The third-order valence-corrected chi connectivity index (χ3v) is 6.07. The van der Waals surface area contributed by atoms with E-state index in [-0.39, 0.29) is 30.1 Å². The molecule has 0 aliphatic carbocycles. The summed E-state index contributed by atoms with van der Waals surface area (Å²) in [6, 6.07) is 0. The number of aromatic nitrogens is 3. The van der Waals surface area contributed by atoms with Gasteiger partial charge in [-0.25, -0.2) is 9.79 Å². The molecule has 0 atom stereocenters. The molecule has 1 aromatic rings. The predicted octanol–water partition coefficient (Wildman–Crippen LogP) is 3.67. The number of carbonyl (C=O) groups excluding carboxylic acids is 1. The number of likely N-dealkylation sites (tertiary alicyclic amines) is 1. The summed E-state index contributed by atoms with van der Waals surface area (Å²) in [7, 11) is 0. The maximum atomic E-state index is 12.5. The molecule has 0 unspecified atom stereocenters. The molecular formula is C23H42IN7O2. The molecule has 0 radical (unpaired) electrons. The summed E-state index contributed by atoms with van der Waals surface area (Å²) in [4.78, 5) is 21.5. The number of hydrogen-bond acceptors (Lipinski definition) is 5. The van der Waals surface area contributed by atoms with E-state index < -0.39 is 5.60 Å². The van der Waals surface area contributed by atoms with Gasteiger partial charge in [0.2, 0.25) is 0 Å². The van der Waals surface area contributed by atoms with Crippen LogP contribution in [0.5, 0.6) is 0 Å². The van der Waals surface area contributed by atoms with Gasteiger partial charge in [-0.2, -0.15) is 0 Å². The Bertz CT molecular complexity index is 782. The zero-order valence-corrected chi connectivity index (χ0v) is 23.3. The predicted molar refractivity (Wildman–Crippen MR) is 141 cm³/mol. The van der Waals surface area contributed by atoms with Crippen molar-refractivity contribution in [3.8, 4) is 0 Å². The van der Waals surface area contributed by atoms with Gasteiger partial charge in [0.05, 0.1) is 0 Å². The number of nitrogens with zero attached hydrogens (tertiary/aromatic N) is 6. The molecule has 2 aliphatic heterocycles. The maximum Gasteiger partial charge on any atom is 0.410 e. The number of aliphatic imine (C=N–C) groups is 1. The van der Waals surface area contributed by atoms with E-state index in [4.69, 9.17) is 9.73 Å². The van der Waals surface area contributed by atoms with Crippen molar-refractivity contribution >= 4 is 36.0 Å². The zero-order chi connectivity index (χ0) is 23.1. The number of amides is 1. The van der Waals surface area contributed by atoms with Crippen LogP contribution in [0.2, 0.25) is 0 Å². The standard InChI is InChI=1S/C23H41N7O2.HI/c1-6-24-21(25-16-20-27-26-19-10-8-9-13-30(19)20)29-14-11-18(12-15-29)17-28(7-2)22(31)32-23(3,4)5;/h18H,6-17H2,1-5H3,(H,24,25);1H. The number of piperidine rings is 1. The van der Waals surface area contributed by atoms with Gasteiger partial charge in [0.15, 0.2) is 11.8 Å². The Balaban J connectivity index is 0.00000385. The minimum atomic E-state index is -0.464. The highest BCUT2D eigenvalue weighted by Gasteiger charge is 2.27. The highest BCUT2D eigenvalue weighted by molar-refractivity contribution is 14.0. The van der Waals surface area contributed by atoms with Crippen molar-refractivity contribution in [1.29, 1.82) is 0 Å². The lowest BCUT2D eigenvalue weighted by Gasteiger charge is -2.36. The number of rotatable bonds is 6. The summed E-state index contributed by atoms with van der Waals surface area (Å²) in [5.74, 6) is 3.47. The molecule has 1 aromatic heterocycles. The van der Waals surface area contributed by atoms with Crippen LogP contribution in [-0.4, -0.2) is 74.9 Å². The Morgan fingerprint density at radius 1 is 1.18 bits per heavy atom. The van der Waals surface area contributed by atoms with Gasteiger partial charge in [-0.1, -0.05) is 0 Å². The molecule has 1 fully saturated rings. The first-order chi connectivity index (χ1) is 15.3. The summed E-state index contributed by atoms with van der Waals surface area (Å²) in [5, 5.41) is 12.2. The molecule has 1 N–H and O–H groups in total.